The van der Waals surface area contributed by atoms with Gasteiger partial charge in [-0.3, -0.25) is 18.9 Å². The van der Waals surface area contributed by atoms with Gasteiger partial charge in [0.25, 0.3) is 10.1 Å². The molecule has 2 aromatic rings. The third-order valence-corrected chi connectivity index (χ3v) is 6.87. The molecule has 0 saturated heterocycles. The van der Waals surface area contributed by atoms with Crippen LogP contribution in [-0.2, 0) is 30.5 Å². The van der Waals surface area contributed by atoms with Crippen LogP contribution in [0.3, 0.4) is 0 Å². The molecule has 2 aromatic carbocycles. The third-order valence-electron chi connectivity index (χ3n) is 4.47. The van der Waals surface area contributed by atoms with Gasteiger partial charge in [-0.05, 0) is 18.6 Å². The lowest BCUT2D eigenvalue weighted by atomic mass is 9.83. The number of ether oxygens (including phenoxy) is 1. The van der Waals surface area contributed by atoms with E-state index in [4.69, 9.17) is 9.84 Å². The lowest BCUT2D eigenvalue weighted by molar-refractivity contribution is -0.134. The predicted molar refractivity (Wildman–Crippen MR) is 106 cm³/mol. The maximum atomic E-state index is 13.1. The molecule has 0 saturated carbocycles. The number of hydrogen-bond donors (Lipinski definition) is 2. The number of sulfone groups is 1. The molecule has 0 fully saturated rings. The predicted octanol–water partition coefficient (Wildman–Crippen LogP) is 1.11. The number of carbonyl (C=O) groups excluding carboxylic acids is 2. The molecule has 164 valence electrons. The topological polar surface area (TPSA) is 169 Å². The van der Waals surface area contributed by atoms with E-state index in [0.717, 1.165) is 6.07 Å². The van der Waals surface area contributed by atoms with Gasteiger partial charge in [0.1, 0.15) is 10.6 Å². The summed E-state index contributed by atoms with van der Waals surface area (Å²) in [5.41, 5.74) is -1.28. The Kier molecular flexibility index (Phi) is 5.74. The van der Waals surface area contributed by atoms with Crippen molar-refractivity contribution in [2.24, 2.45) is 0 Å². The molecule has 1 aliphatic rings. The summed E-state index contributed by atoms with van der Waals surface area (Å²) in [7, 11) is -9.53. The SMILES string of the molecule is CCOc1c2c(cc(CS(=O)(=O)CC(=O)O)c1S(=O)(=O)O)C(=O)c1ccccc1C2=O. The van der Waals surface area contributed by atoms with Gasteiger partial charge in [0, 0.05) is 16.7 Å². The summed E-state index contributed by atoms with van der Waals surface area (Å²) in [5.74, 6) is -6.17. The van der Waals surface area contributed by atoms with Crippen molar-refractivity contribution in [3.8, 4) is 5.75 Å². The summed E-state index contributed by atoms with van der Waals surface area (Å²) in [6, 6.07) is 6.65. The summed E-state index contributed by atoms with van der Waals surface area (Å²) in [6.07, 6.45) is 0. The van der Waals surface area contributed by atoms with Gasteiger partial charge in [-0.1, -0.05) is 24.3 Å². The molecule has 31 heavy (non-hydrogen) atoms. The highest BCUT2D eigenvalue weighted by atomic mass is 32.2. The van der Waals surface area contributed by atoms with Crippen molar-refractivity contribution in [1.82, 2.24) is 0 Å². The summed E-state index contributed by atoms with van der Waals surface area (Å²) >= 11 is 0. The van der Waals surface area contributed by atoms with E-state index >= 15 is 0 Å². The molecule has 0 bridgehead atoms. The van der Waals surface area contributed by atoms with Gasteiger partial charge in [-0.15, -0.1) is 0 Å². The zero-order chi connectivity index (χ0) is 23.1. The molecule has 0 radical (unpaired) electrons. The number of fused-ring (bicyclic) bond motifs is 2. The average molecular weight is 468 g/mol. The quantitative estimate of drug-likeness (QED) is 0.479. The molecule has 12 heteroatoms. The maximum absolute atomic E-state index is 13.1. The second-order valence-corrected chi connectivity index (χ2v) is 10.1. The van der Waals surface area contributed by atoms with Crippen molar-refractivity contribution in [2.45, 2.75) is 17.6 Å². The van der Waals surface area contributed by atoms with E-state index in [1.807, 2.05) is 0 Å². The molecule has 2 N–H and O–H groups in total. The highest BCUT2D eigenvalue weighted by molar-refractivity contribution is 7.91. The van der Waals surface area contributed by atoms with Gasteiger partial charge in [0.15, 0.2) is 27.2 Å². The summed E-state index contributed by atoms with van der Waals surface area (Å²) in [6.45, 7) is 1.28. The number of carboxylic acids is 1. The molecule has 3 rings (SSSR count). The van der Waals surface area contributed by atoms with Gasteiger partial charge in [-0.2, -0.15) is 8.42 Å². The molecule has 0 atom stereocenters. The first-order valence-corrected chi connectivity index (χ1v) is 12.0. The Bertz CT molecular complexity index is 1340. The Morgan fingerprint density at radius 2 is 1.58 bits per heavy atom. The summed E-state index contributed by atoms with van der Waals surface area (Å²) < 4.78 is 63.8. The zero-order valence-corrected chi connectivity index (χ0v) is 17.6. The highest BCUT2D eigenvalue weighted by Crippen LogP contribution is 2.40. The van der Waals surface area contributed by atoms with E-state index in [0.29, 0.717) is 0 Å². The van der Waals surface area contributed by atoms with Gasteiger partial charge in [0.05, 0.1) is 17.9 Å². The lowest BCUT2D eigenvalue weighted by Gasteiger charge is -2.23. The van der Waals surface area contributed by atoms with Crippen LogP contribution in [0.25, 0.3) is 0 Å². The largest absolute Gasteiger partial charge is 0.492 e. The van der Waals surface area contributed by atoms with E-state index in [1.54, 1.807) is 0 Å². The fourth-order valence-corrected chi connectivity index (χ4v) is 5.53. The smallest absolute Gasteiger partial charge is 0.318 e. The van der Waals surface area contributed by atoms with Crippen LogP contribution in [-0.4, -0.2) is 56.4 Å². The lowest BCUT2D eigenvalue weighted by Crippen LogP contribution is -2.25. The van der Waals surface area contributed by atoms with Gasteiger partial charge >= 0.3 is 5.97 Å². The highest BCUT2D eigenvalue weighted by Gasteiger charge is 2.38. The second-order valence-electron chi connectivity index (χ2n) is 6.65. The second kappa shape index (κ2) is 7.87. The molecule has 0 heterocycles. The Balaban J connectivity index is 2.39. The molecular weight excluding hydrogens is 452 g/mol. The van der Waals surface area contributed by atoms with Crippen molar-refractivity contribution >= 4 is 37.5 Å². The number of rotatable bonds is 7. The normalized spacial score (nSPS) is 13.5. The van der Waals surface area contributed by atoms with E-state index in [9.17, 15) is 35.8 Å². The first-order chi connectivity index (χ1) is 14.4. The van der Waals surface area contributed by atoms with Crippen LogP contribution < -0.4 is 4.74 Å². The van der Waals surface area contributed by atoms with Gasteiger partial charge in [0.2, 0.25) is 0 Å². The number of benzene rings is 2. The third kappa shape index (κ3) is 4.22. The molecule has 0 aromatic heterocycles. The monoisotopic (exact) mass is 468 g/mol. The number of ketones is 2. The van der Waals surface area contributed by atoms with E-state index in [-0.39, 0.29) is 23.3 Å². The van der Waals surface area contributed by atoms with Crippen molar-refractivity contribution in [1.29, 1.82) is 0 Å². The first kappa shape index (κ1) is 22.6. The van der Waals surface area contributed by atoms with Crippen molar-refractivity contribution in [3.63, 3.8) is 0 Å². The molecule has 0 spiro atoms. The van der Waals surface area contributed by atoms with E-state index in [1.165, 1.54) is 31.2 Å². The Hall–Kier alpha value is -3.09. The molecule has 0 unspecified atom stereocenters. The summed E-state index contributed by atoms with van der Waals surface area (Å²) in [5, 5.41) is 8.80. The van der Waals surface area contributed by atoms with Crippen molar-refractivity contribution in [2.75, 3.05) is 12.4 Å². The minimum absolute atomic E-state index is 0.00603. The van der Waals surface area contributed by atoms with Crippen LogP contribution in [0.4, 0.5) is 0 Å². The minimum Gasteiger partial charge on any atom is -0.492 e. The number of carboxylic acid groups (broad SMARTS) is 1. The Morgan fingerprint density at radius 3 is 2.10 bits per heavy atom. The van der Waals surface area contributed by atoms with Crippen molar-refractivity contribution in [3.05, 3.63) is 58.1 Å². The van der Waals surface area contributed by atoms with Crippen LogP contribution in [0.15, 0.2) is 35.2 Å². The first-order valence-electron chi connectivity index (χ1n) is 8.78. The fourth-order valence-electron chi connectivity index (χ4n) is 3.41. The number of hydrogen-bond acceptors (Lipinski definition) is 8. The number of carbonyl (C=O) groups is 3. The minimum atomic E-state index is -5.14. The Morgan fingerprint density at radius 1 is 1.00 bits per heavy atom. The standard InChI is InChI=1S/C19H16O10S2/c1-2-29-18-15-13(16(22)11-5-3-4-6-12(11)17(15)23)7-10(19(18)31(26,27)28)8-30(24,25)9-14(20)21/h3-7H,2,8-9H2,1H3,(H,20,21)(H,26,27,28). The zero-order valence-electron chi connectivity index (χ0n) is 16.0. The van der Waals surface area contributed by atoms with Gasteiger partial charge in [-0.25, -0.2) is 8.42 Å². The maximum Gasteiger partial charge on any atom is 0.318 e. The summed E-state index contributed by atoms with van der Waals surface area (Å²) in [4.78, 5) is 35.9. The van der Waals surface area contributed by atoms with Crippen LogP contribution >= 0.6 is 0 Å². The molecule has 0 amide bonds. The van der Waals surface area contributed by atoms with Crippen LogP contribution in [0, 0.1) is 0 Å². The fraction of sp³-hybridized carbons (Fsp3) is 0.211. The van der Waals surface area contributed by atoms with Crippen molar-refractivity contribution < 1.29 is 45.6 Å². The van der Waals surface area contributed by atoms with E-state index in [2.05, 4.69) is 0 Å². The van der Waals surface area contributed by atoms with Crippen LogP contribution in [0.1, 0.15) is 44.3 Å². The average Bonchev–Trinajstić information content (AvgIpc) is 2.63. The van der Waals surface area contributed by atoms with Gasteiger partial charge < -0.3 is 9.84 Å². The molecule has 10 nitrogen and oxygen atoms in total. The molecule has 1 aliphatic carbocycles. The Labute approximate surface area is 177 Å². The van der Waals surface area contributed by atoms with E-state index < -0.39 is 70.8 Å². The molecule has 0 aliphatic heterocycles. The van der Waals surface area contributed by atoms with Crippen LogP contribution in [0.5, 0.6) is 5.75 Å². The number of aliphatic carboxylic acids is 1. The van der Waals surface area contributed by atoms with Crippen LogP contribution in [0.2, 0.25) is 0 Å². The molecular formula is C19H16O10S2.